The first-order chi connectivity index (χ1) is 12.5. The molecule has 2 rings (SSSR count). The van der Waals surface area contributed by atoms with Crippen LogP contribution in [-0.4, -0.2) is 25.7 Å². The predicted molar refractivity (Wildman–Crippen MR) is 99.3 cm³/mol. The van der Waals surface area contributed by atoms with Crippen molar-refractivity contribution < 1.29 is 19.1 Å². The van der Waals surface area contributed by atoms with Gasteiger partial charge in [-0.05, 0) is 35.7 Å². The van der Waals surface area contributed by atoms with Crippen LogP contribution in [0.4, 0.5) is 10.5 Å². The molecule has 0 atom stereocenters. The average molecular weight is 357 g/mol. The van der Waals surface area contributed by atoms with E-state index in [0.717, 1.165) is 0 Å². The van der Waals surface area contributed by atoms with E-state index in [1.807, 2.05) is 24.3 Å². The van der Waals surface area contributed by atoms with Crippen molar-refractivity contribution in [3.05, 3.63) is 54.1 Å². The lowest BCUT2D eigenvalue weighted by Crippen LogP contribution is -2.45. The first-order valence-corrected chi connectivity index (χ1v) is 8.21. The summed E-state index contributed by atoms with van der Waals surface area (Å²) in [5, 5.41) is 2.58. The van der Waals surface area contributed by atoms with Gasteiger partial charge in [0.25, 0.3) is 5.91 Å². The smallest absolute Gasteiger partial charge is 0.338 e. The van der Waals surface area contributed by atoms with Crippen LogP contribution in [0.1, 0.15) is 25.3 Å². The number of para-hydroxylation sites is 2. The largest absolute Gasteiger partial charge is 0.495 e. The molecule has 7 heteroatoms. The monoisotopic (exact) mass is 357 g/mol. The van der Waals surface area contributed by atoms with E-state index in [0.29, 0.717) is 23.1 Å². The van der Waals surface area contributed by atoms with Crippen molar-refractivity contribution in [2.45, 2.75) is 19.8 Å². The number of methoxy groups -OCH3 is 1. The van der Waals surface area contributed by atoms with Crippen molar-refractivity contribution >= 4 is 17.6 Å². The molecule has 0 spiro atoms. The Bertz CT molecular complexity index is 745. The van der Waals surface area contributed by atoms with Crippen LogP contribution in [0.5, 0.6) is 11.5 Å². The van der Waals surface area contributed by atoms with Gasteiger partial charge in [0.15, 0.2) is 6.61 Å². The highest BCUT2D eigenvalue weighted by atomic mass is 16.5. The number of carbonyl (C=O) groups is 2. The summed E-state index contributed by atoms with van der Waals surface area (Å²) in [6, 6.07) is 13.9. The number of anilines is 1. The molecule has 7 nitrogen and oxygen atoms in total. The summed E-state index contributed by atoms with van der Waals surface area (Å²) in [6.07, 6.45) is 0. The summed E-state index contributed by atoms with van der Waals surface area (Å²) in [6.45, 7) is 3.99. The van der Waals surface area contributed by atoms with Gasteiger partial charge in [0, 0.05) is 0 Å². The van der Waals surface area contributed by atoms with E-state index in [1.54, 1.807) is 24.3 Å². The Kier molecular flexibility index (Phi) is 6.84. The molecule has 0 bridgehead atoms. The quantitative estimate of drug-likeness (QED) is 0.693. The minimum absolute atomic E-state index is 0.212. The summed E-state index contributed by atoms with van der Waals surface area (Å²) in [5.41, 5.74) is 6.21. The van der Waals surface area contributed by atoms with Gasteiger partial charge in [-0.25, -0.2) is 10.2 Å². The third-order valence-electron chi connectivity index (χ3n) is 3.59. The maximum atomic E-state index is 11.8. The molecule has 2 aromatic rings. The zero-order valence-electron chi connectivity index (χ0n) is 15.0. The molecule has 0 heterocycles. The van der Waals surface area contributed by atoms with Gasteiger partial charge in [-0.15, -0.1) is 0 Å². The second kappa shape index (κ2) is 9.31. The molecule has 0 aromatic heterocycles. The molecule has 26 heavy (non-hydrogen) atoms. The molecule has 3 amide bonds. The van der Waals surface area contributed by atoms with Crippen LogP contribution < -0.4 is 25.6 Å². The Morgan fingerprint density at radius 1 is 1.00 bits per heavy atom. The predicted octanol–water partition coefficient (Wildman–Crippen LogP) is 3.05. The number of hydrogen-bond acceptors (Lipinski definition) is 4. The third-order valence-corrected chi connectivity index (χ3v) is 3.59. The van der Waals surface area contributed by atoms with Crippen LogP contribution in [0.2, 0.25) is 0 Å². The number of nitrogens with one attached hydrogen (secondary N) is 3. The zero-order valence-corrected chi connectivity index (χ0v) is 15.0. The van der Waals surface area contributed by atoms with E-state index < -0.39 is 11.9 Å². The van der Waals surface area contributed by atoms with Crippen LogP contribution in [0.15, 0.2) is 48.5 Å². The molecule has 0 aliphatic carbocycles. The molecule has 0 radical (unpaired) electrons. The van der Waals surface area contributed by atoms with Gasteiger partial charge in [-0.2, -0.15) is 0 Å². The minimum Gasteiger partial charge on any atom is -0.495 e. The third kappa shape index (κ3) is 5.70. The summed E-state index contributed by atoms with van der Waals surface area (Å²) in [4.78, 5) is 23.6. The number of rotatable bonds is 6. The summed E-state index contributed by atoms with van der Waals surface area (Å²) < 4.78 is 10.5. The second-order valence-electron chi connectivity index (χ2n) is 5.84. The van der Waals surface area contributed by atoms with Gasteiger partial charge in [-0.1, -0.05) is 38.1 Å². The summed E-state index contributed by atoms with van der Waals surface area (Å²) in [7, 11) is 1.51. The highest BCUT2D eigenvalue weighted by molar-refractivity contribution is 5.92. The average Bonchev–Trinajstić information content (AvgIpc) is 2.65. The number of amides is 3. The standard InChI is InChI=1S/C19H23N3O4/c1-13(2)14-8-10-15(11-9-14)26-12-18(23)21-22-19(24)20-16-6-4-5-7-17(16)25-3/h4-11,13H,12H2,1-3H3,(H,21,23)(H2,20,22,24). The van der Waals surface area contributed by atoms with Crippen LogP contribution >= 0.6 is 0 Å². The van der Waals surface area contributed by atoms with Gasteiger partial charge >= 0.3 is 6.03 Å². The van der Waals surface area contributed by atoms with Gasteiger partial charge in [0.1, 0.15) is 11.5 Å². The van der Waals surface area contributed by atoms with Gasteiger partial charge in [0.2, 0.25) is 0 Å². The fraction of sp³-hybridized carbons (Fsp3) is 0.263. The lowest BCUT2D eigenvalue weighted by atomic mass is 10.0. The van der Waals surface area contributed by atoms with Crippen LogP contribution in [0.3, 0.4) is 0 Å². The molecule has 0 saturated carbocycles. The van der Waals surface area contributed by atoms with E-state index in [-0.39, 0.29) is 6.61 Å². The van der Waals surface area contributed by atoms with Crippen molar-refractivity contribution in [3.63, 3.8) is 0 Å². The fourth-order valence-electron chi connectivity index (χ4n) is 2.16. The number of urea groups is 1. The highest BCUT2D eigenvalue weighted by Crippen LogP contribution is 2.22. The Labute approximate surface area is 152 Å². The second-order valence-corrected chi connectivity index (χ2v) is 5.84. The Morgan fingerprint density at radius 3 is 2.35 bits per heavy atom. The summed E-state index contributed by atoms with van der Waals surface area (Å²) in [5.74, 6) is 1.05. The number of benzene rings is 2. The van der Waals surface area contributed by atoms with Gasteiger partial charge in [0.05, 0.1) is 12.8 Å². The van der Waals surface area contributed by atoms with Crippen LogP contribution in [-0.2, 0) is 4.79 Å². The molecule has 0 aliphatic heterocycles. The van der Waals surface area contributed by atoms with Gasteiger partial charge < -0.3 is 14.8 Å². The molecule has 0 saturated heterocycles. The van der Waals surface area contributed by atoms with Crippen LogP contribution in [0, 0.1) is 0 Å². The molecule has 0 aliphatic rings. The number of ether oxygens (including phenoxy) is 2. The number of hydrazine groups is 1. The molecule has 138 valence electrons. The maximum absolute atomic E-state index is 11.8. The van der Waals surface area contributed by atoms with Crippen molar-refractivity contribution in [1.29, 1.82) is 0 Å². The molecule has 0 unspecified atom stereocenters. The van der Waals surface area contributed by atoms with E-state index in [1.165, 1.54) is 12.7 Å². The zero-order chi connectivity index (χ0) is 18.9. The molecular formula is C19H23N3O4. The highest BCUT2D eigenvalue weighted by Gasteiger charge is 2.08. The normalized spacial score (nSPS) is 10.2. The molecule has 3 N–H and O–H groups in total. The first kappa shape index (κ1) is 19.1. The molecular weight excluding hydrogens is 334 g/mol. The fourth-order valence-corrected chi connectivity index (χ4v) is 2.16. The minimum atomic E-state index is -0.593. The Morgan fingerprint density at radius 2 is 1.69 bits per heavy atom. The van der Waals surface area contributed by atoms with Crippen molar-refractivity contribution in [3.8, 4) is 11.5 Å². The number of hydrogen-bond donors (Lipinski definition) is 3. The molecule has 0 fully saturated rings. The SMILES string of the molecule is COc1ccccc1NC(=O)NNC(=O)COc1ccc(C(C)C)cc1. The Hall–Kier alpha value is -3.22. The number of carbonyl (C=O) groups excluding carboxylic acids is 2. The van der Waals surface area contributed by atoms with Crippen molar-refractivity contribution in [1.82, 2.24) is 10.9 Å². The topological polar surface area (TPSA) is 88.7 Å². The van der Waals surface area contributed by atoms with E-state index in [2.05, 4.69) is 30.0 Å². The van der Waals surface area contributed by atoms with E-state index >= 15 is 0 Å². The lowest BCUT2D eigenvalue weighted by Gasteiger charge is -2.12. The molecule has 2 aromatic carbocycles. The summed E-state index contributed by atoms with van der Waals surface area (Å²) >= 11 is 0. The van der Waals surface area contributed by atoms with Crippen molar-refractivity contribution in [2.75, 3.05) is 19.0 Å². The van der Waals surface area contributed by atoms with Crippen LogP contribution in [0.25, 0.3) is 0 Å². The maximum Gasteiger partial charge on any atom is 0.338 e. The lowest BCUT2D eigenvalue weighted by molar-refractivity contribution is -0.123. The van der Waals surface area contributed by atoms with E-state index in [9.17, 15) is 9.59 Å². The van der Waals surface area contributed by atoms with E-state index in [4.69, 9.17) is 9.47 Å². The van der Waals surface area contributed by atoms with Crippen molar-refractivity contribution in [2.24, 2.45) is 0 Å². The first-order valence-electron chi connectivity index (χ1n) is 8.21. The van der Waals surface area contributed by atoms with Gasteiger partial charge in [-0.3, -0.25) is 10.2 Å². The Balaban J connectivity index is 1.75.